The Bertz CT molecular complexity index is 942. The highest BCUT2D eigenvalue weighted by Crippen LogP contribution is 2.27. The first-order valence-electron chi connectivity index (χ1n) is 10.2. The van der Waals surface area contributed by atoms with Crippen molar-refractivity contribution in [1.82, 2.24) is 5.32 Å². The monoisotopic (exact) mass is 425 g/mol. The van der Waals surface area contributed by atoms with Crippen molar-refractivity contribution in [3.63, 3.8) is 0 Å². The topological polar surface area (TPSA) is 108 Å². The zero-order chi connectivity index (χ0) is 22.4. The molecule has 1 aliphatic heterocycles. The van der Waals surface area contributed by atoms with E-state index in [4.69, 9.17) is 4.74 Å². The summed E-state index contributed by atoms with van der Waals surface area (Å²) in [4.78, 5) is 38.2. The Balaban J connectivity index is 1.51. The Labute approximate surface area is 181 Å². The number of aliphatic hydroxyl groups excluding tert-OH is 1. The van der Waals surface area contributed by atoms with Crippen LogP contribution >= 0.6 is 0 Å². The number of hydrogen-bond acceptors (Lipinski definition) is 5. The van der Waals surface area contributed by atoms with E-state index in [0.717, 1.165) is 11.3 Å². The largest absolute Gasteiger partial charge is 0.484 e. The summed E-state index contributed by atoms with van der Waals surface area (Å²) in [7, 11) is 0. The van der Waals surface area contributed by atoms with Crippen LogP contribution in [0.3, 0.4) is 0 Å². The van der Waals surface area contributed by atoms with Crippen LogP contribution in [0.25, 0.3) is 0 Å². The smallest absolute Gasteiger partial charge is 0.262 e. The normalized spacial score (nSPS) is 16.7. The van der Waals surface area contributed by atoms with Gasteiger partial charge in [0, 0.05) is 30.9 Å². The van der Waals surface area contributed by atoms with Gasteiger partial charge in [-0.15, -0.1) is 0 Å². The number of nitrogens with zero attached hydrogens (tertiary/aromatic N) is 1. The molecule has 164 valence electrons. The van der Waals surface area contributed by atoms with Crippen molar-refractivity contribution in [1.29, 1.82) is 0 Å². The van der Waals surface area contributed by atoms with Crippen molar-refractivity contribution >= 4 is 29.1 Å². The Hall–Kier alpha value is -3.39. The van der Waals surface area contributed by atoms with E-state index in [1.54, 1.807) is 36.1 Å². The summed E-state index contributed by atoms with van der Waals surface area (Å²) < 4.78 is 5.53. The quantitative estimate of drug-likeness (QED) is 0.598. The van der Waals surface area contributed by atoms with E-state index in [2.05, 4.69) is 10.6 Å². The van der Waals surface area contributed by atoms with Gasteiger partial charge in [0.05, 0.1) is 12.0 Å². The molecule has 2 aromatic rings. The molecule has 31 heavy (non-hydrogen) atoms. The van der Waals surface area contributed by atoms with Gasteiger partial charge >= 0.3 is 0 Å². The van der Waals surface area contributed by atoms with Gasteiger partial charge in [0.2, 0.25) is 11.8 Å². The summed E-state index contributed by atoms with van der Waals surface area (Å²) in [5.74, 6) is -0.590. The van der Waals surface area contributed by atoms with E-state index >= 15 is 0 Å². The fourth-order valence-corrected chi connectivity index (χ4v) is 3.30. The molecule has 0 bridgehead atoms. The number of benzene rings is 2. The van der Waals surface area contributed by atoms with E-state index in [0.29, 0.717) is 11.4 Å². The highest BCUT2D eigenvalue weighted by Gasteiger charge is 2.35. The predicted molar refractivity (Wildman–Crippen MR) is 117 cm³/mol. The van der Waals surface area contributed by atoms with Crippen molar-refractivity contribution in [2.75, 3.05) is 29.9 Å². The van der Waals surface area contributed by atoms with Gasteiger partial charge in [0.25, 0.3) is 5.91 Å². The zero-order valence-electron chi connectivity index (χ0n) is 17.6. The first-order chi connectivity index (χ1) is 14.8. The van der Waals surface area contributed by atoms with Gasteiger partial charge in [-0.1, -0.05) is 18.2 Å². The Morgan fingerprint density at radius 2 is 1.90 bits per heavy atom. The van der Waals surface area contributed by atoms with Crippen molar-refractivity contribution in [2.45, 2.75) is 26.4 Å². The second kappa shape index (κ2) is 10.1. The van der Waals surface area contributed by atoms with Crippen LogP contribution in [-0.4, -0.2) is 48.6 Å². The van der Waals surface area contributed by atoms with Gasteiger partial charge in [0.15, 0.2) is 6.61 Å². The van der Waals surface area contributed by atoms with E-state index in [1.165, 1.54) is 0 Å². The molecule has 0 radical (unpaired) electrons. The molecule has 1 heterocycles. The lowest BCUT2D eigenvalue weighted by atomic mass is 10.1. The molecule has 0 saturated carbocycles. The Morgan fingerprint density at radius 1 is 1.19 bits per heavy atom. The van der Waals surface area contributed by atoms with E-state index < -0.39 is 12.0 Å². The molecular formula is C23H27N3O5. The number of para-hydroxylation sites is 1. The summed E-state index contributed by atoms with van der Waals surface area (Å²) in [5.41, 5.74) is 2.37. The van der Waals surface area contributed by atoms with Crippen LogP contribution in [0.2, 0.25) is 0 Å². The van der Waals surface area contributed by atoms with E-state index in [1.807, 2.05) is 31.2 Å². The van der Waals surface area contributed by atoms with Gasteiger partial charge in [-0.3, -0.25) is 14.4 Å². The van der Waals surface area contributed by atoms with Gasteiger partial charge in [-0.25, -0.2) is 0 Å². The third-order valence-corrected chi connectivity index (χ3v) is 5.01. The molecule has 0 aromatic heterocycles. The minimum Gasteiger partial charge on any atom is -0.484 e. The molecule has 1 aliphatic rings. The molecule has 8 nitrogen and oxygen atoms in total. The van der Waals surface area contributed by atoms with Crippen molar-refractivity contribution in [2.24, 2.45) is 5.92 Å². The Morgan fingerprint density at radius 3 is 2.58 bits per heavy atom. The highest BCUT2D eigenvalue weighted by molar-refractivity contribution is 6.00. The summed E-state index contributed by atoms with van der Waals surface area (Å²) in [6, 6.07) is 14.3. The number of carbonyl (C=O) groups is 3. The van der Waals surface area contributed by atoms with Crippen LogP contribution in [0, 0.1) is 12.8 Å². The van der Waals surface area contributed by atoms with Crippen molar-refractivity contribution in [3.05, 3.63) is 54.1 Å². The van der Waals surface area contributed by atoms with Crippen LogP contribution in [0.4, 0.5) is 11.4 Å². The highest BCUT2D eigenvalue weighted by atomic mass is 16.5. The maximum absolute atomic E-state index is 12.3. The van der Waals surface area contributed by atoms with Crippen LogP contribution in [-0.2, 0) is 14.4 Å². The SMILES string of the molecule is Cc1ccccc1NC(=O)COc1ccc(N2C[C@@H](C(=O)NC[C@@H](C)O)CC2=O)cc1. The van der Waals surface area contributed by atoms with E-state index in [9.17, 15) is 19.5 Å². The number of rotatable bonds is 8. The minimum absolute atomic E-state index is 0.128. The molecule has 3 amide bonds. The van der Waals surface area contributed by atoms with Gasteiger partial charge < -0.3 is 25.4 Å². The van der Waals surface area contributed by atoms with Crippen LogP contribution in [0.5, 0.6) is 5.75 Å². The second-order valence-corrected chi connectivity index (χ2v) is 7.65. The van der Waals surface area contributed by atoms with Crippen LogP contribution < -0.4 is 20.3 Å². The third kappa shape index (κ3) is 6.05. The summed E-state index contributed by atoms with van der Waals surface area (Å²) in [5, 5.41) is 14.7. The van der Waals surface area contributed by atoms with Gasteiger partial charge in [-0.05, 0) is 49.7 Å². The maximum atomic E-state index is 12.3. The zero-order valence-corrected chi connectivity index (χ0v) is 17.6. The number of anilines is 2. The molecule has 1 fully saturated rings. The maximum Gasteiger partial charge on any atom is 0.262 e. The molecule has 0 unspecified atom stereocenters. The molecule has 3 N–H and O–H groups in total. The summed E-state index contributed by atoms with van der Waals surface area (Å²) in [6.45, 7) is 3.80. The second-order valence-electron chi connectivity index (χ2n) is 7.65. The molecule has 2 atom stereocenters. The molecule has 3 rings (SSSR count). The van der Waals surface area contributed by atoms with Gasteiger partial charge in [-0.2, -0.15) is 0 Å². The number of ether oxygens (including phenoxy) is 1. The molecule has 8 heteroatoms. The number of carbonyl (C=O) groups excluding carboxylic acids is 3. The van der Waals surface area contributed by atoms with E-state index in [-0.39, 0.29) is 43.8 Å². The van der Waals surface area contributed by atoms with Crippen LogP contribution in [0.1, 0.15) is 18.9 Å². The summed E-state index contributed by atoms with van der Waals surface area (Å²) in [6.07, 6.45) is -0.508. The molecule has 2 aromatic carbocycles. The third-order valence-electron chi connectivity index (χ3n) is 5.01. The first-order valence-corrected chi connectivity index (χ1v) is 10.2. The lowest BCUT2D eigenvalue weighted by molar-refractivity contribution is -0.126. The molecule has 1 saturated heterocycles. The number of hydrogen-bond donors (Lipinski definition) is 3. The lowest BCUT2D eigenvalue weighted by Gasteiger charge is -2.17. The number of aliphatic hydroxyl groups is 1. The van der Waals surface area contributed by atoms with Gasteiger partial charge in [0.1, 0.15) is 5.75 Å². The average Bonchev–Trinajstić information content (AvgIpc) is 3.14. The van der Waals surface area contributed by atoms with Crippen molar-refractivity contribution < 1.29 is 24.2 Å². The fourth-order valence-electron chi connectivity index (χ4n) is 3.30. The first kappa shape index (κ1) is 22.3. The van der Waals surface area contributed by atoms with Crippen LogP contribution in [0.15, 0.2) is 48.5 Å². The summed E-state index contributed by atoms with van der Waals surface area (Å²) >= 11 is 0. The fraction of sp³-hybridized carbons (Fsp3) is 0.348. The number of amides is 3. The molecule has 0 spiro atoms. The molecular weight excluding hydrogens is 398 g/mol. The average molecular weight is 425 g/mol. The predicted octanol–water partition coefficient (Wildman–Crippen LogP) is 1.86. The minimum atomic E-state index is -0.636. The number of aryl methyl sites for hydroxylation is 1. The van der Waals surface area contributed by atoms with Crippen molar-refractivity contribution in [3.8, 4) is 5.75 Å². The number of nitrogens with one attached hydrogen (secondary N) is 2. The standard InChI is InChI=1S/C23H27N3O5/c1-15-5-3-4-6-20(15)25-21(28)14-31-19-9-7-18(8-10-19)26-13-17(11-22(26)29)23(30)24-12-16(2)27/h3-10,16-17,27H,11-14H2,1-2H3,(H,24,30)(H,25,28)/t16-,17+/m1/s1. The Kier molecular flexibility index (Phi) is 7.25. The lowest BCUT2D eigenvalue weighted by Crippen LogP contribution is -2.36. The molecule has 0 aliphatic carbocycles.